The predicted molar refractivity (Wildman–Crippen MR) is 57.2 cm³/mol. The first-order valence-electron chi connectivity index (χ1n) is 5.00. The van der Waals surface area contributed by atoms with Gasteiger partial charge in [-0.05, 0) is 19.8 Å². The summed E-state index contributed by atoms with van der Waals surface area (Å²) in [7, 11) is 0. The Kier molecular flexibility index (Phi) is 3.02. The first-order chi connectivity index (χ1) is 6.94. The zero-order valence-electron chi connectivity index (χ0n) is 9.20. The molecule has 0 amide bonds. The van der Waals surface area contributed by atoms with Gasteiger partial charge in [0.15, 0.2) is 0 Å². The van der Waals surface area contributed by atoms with Gasteiger partial charge in [0.05, 0.1) is 6.07 Å². The van der Waals surface area contributed by atoms with E-state index in [0.717, 1.165) is 6.07 Å². The summed E-state index contributed by atoms with van der Waals surface area (Å²) in [5.41, 5.74) is -1.61. The normalized spacial score (nSPS) is 11.7. The van der Waals surface area contributed by atoms with Gasteiger partial charge in [-0.2, -0.15) is 0 Å². The standard InChI is InChI=1S/C10H16N2O3/c1-4-10(3,5-2)12-8(14)6-7(13)11-9(12)15/h6,14H,4-5H2,1-3H3,(H,11,13,15). The maximum atomic E-state index is 11.6. The van der Waals surface area contributed by atoms with Crippen molar-refractivity contribution >= 4 is 0 Å². The van der Waals surface area contributed by atoms with E-state index in [4.69, 9.17) is 0 Å². The summed E-state index contributed by atoms with van der Waals surface area (Å²) in [4.78, 5) is 24.7. The molecule has 0 saturated carbocycles. The molecule has 0 spiro atoms. The first-order valence-corrected chi connectivity index (χ1v) is 5.00. The van der Waals surface area contributed by atoms with Crippen molar-refractivity contribution in [1.82, 2.24) is 9.55 Å². The number of nitrogens with one attached hydrogen (secondary N) is 1. The van der Waals surface area contributed by atoms with Crippen molar-refractivity contribution in [2.24, 2.45) is 0 Å². The zero-order valence-corrected chi connectivity index (χ0v) is 9.20. The van der Waals surface area contributed by atoms with E-state index in [1.807, 2.05) is 20.8 Å². The van der Waals surface area contributed by atoms with E-state index < -0.39 is 16.8 Å². The van der Waals surface area contributed by atoms with Crippen LogP contribution in [0, 0.1) is 0 Å². The van der Waals surface area contributed by atoms with Crippen LogP contribution in [0.25, 0.3) is 0 Å². The molecule has 0 unspecified atom stereocenters. The van der Waals surface area contributed by atoms with Gasteiger partial charge < -0.3 is 5.11 Å². The zero-order chi connectivity index (χ0) is 11.6. The van der Waals surface area contributed by atoms with Crippen molar-refractivity contribution in [3.63, 3.8) is 0 Å². The molecule has 0 atom stereocenters. The summed E-state index contributed by atoms with van der Waals surface area (Å²) in [6.45, 7) is 5.73. The molecule has 0 bridgehead atoms. The van der Waals surface area contributed by atoms with Gasteiger partial charge in [0.1, 0.15) is 0 Å². The van der Waals surface area contributed by atoms with Gasteiger partial charge >= 0.3 is 5.69 Å². The van der Waals surface area contributed by atoms with Crippen molar-refractivity contribution in [2.75, 3.05) is 0 Å². The number of aromatic amines is 1. The van der Waals surface area contributed by atoms with Crippen molar-refractivity contribution in [3.8, 4) is 5.88 Å². The molecule has 1 aromatic heterocycles. The lowest BCUT2D eigenvalue weighted by Crippen LogP contribution is -2.41. The molecule has 5 nitrogen and oxygen atoms in total. The predicted octanol–water partition coefficient (Wildman–Crippen LogP) is 0.777. The number of aromatic nitrogens is 2. The highest BCUT2D eigenvalue weighted by Crippen LogP contribution is 2.25. The monoisotopic (exact) mass is 212 g/mol. The lowest BCUT2D eigenvalue weighted by Gasteiger charge is -2.29. The van der Waals surface area contributed by atoms with E-state index in [0.29, 0.717) is 12.8 Å². The molecule has 1 aromatic rings. The number of hydrogen-bond acceptors (Lipinski definition) is 3. The van der Waals surface area contributed by atoms with Crippen LogP contribution in [0.4, 0.5) is 0 Å². The van der Waals surface area contributed by atoms with Crippen LogP contribution < -0.4 is 11.2 Å². The molecule has 84 valence electrons. The van der Waals surface area contributed by atoms with Crippen LogP contribution in [0.3, 0.4) is 0 Å². The number of hydrogen-bond donors (Lipinski definition) is 2. The van der Waals surface area contributed by atoms with Crippen LogP contribution in [-0.2, 0) is 5.54 Å². The number of rotatable bonds is 3. The molecule has 15 heavy (non-hydrogen) atoms. The SMILES string of the molecule is CCC(C)(CC)n1c(O)cc(=O)[nH]c1=O. The molecule has 2 N–H and O–H groups in total. The third kappa shape index (κ3) is 1.95. The molecular formula is C10H16N2O3. The van der Waals surface area contributed by atoms with Crippen molar-refractivity contribution in [2.45, 2.75) is 39.2 Å². The smallest absolute Gasteiger partial charge is 0.331 e. The second kappa shape index (κ2) is 3.92. The Morgan fingerprint density at radius 1 is 1.40 bits per heavy atom. The quantitative estimate of drug-likeness (QED) is 0.777. The molecule has 0 aliphatic carbocycles. The average Bonchev–Trinajstić information content (AvgIpc) is 2.15. The minimum atomic E-state index is -0.580. The Morgan fingerprint density at radius 3 is 2.33 bits per heavy atom. The Morgan fingerprint density at radius 2 is 1.93 bits per heavy atom. The second-order valence-electron chi connectivity index (χ2n) is 3.84. The molecule has 1 rings (SSSR count). The van der Waals surface area contributed by atoms with E-state index in [-0.39, 0.29) is 5.88 Å². The highest BCUT2D eigenvalue weighted by Gasteiger charge is 2.26. The van der Waals surface area contributed by atoms with E-state index >= 15 is 0 Å². The van der Waals surface area contributed by atoms with Crippen LogP contribution in [0.2, 0.25) is 0 Å². The van der Waals surface area contributed by atoms with Crippen LogP contribution in [-0.4, -0.2) is 14.7 Å². The van der Waals surface area contributed by atoms with Crippen LogP contribution in [0.5, 0.6) is 5.88 Å². The van der Waals surface area contributed by atoms with Gasteiger partial charge in [-0.25, -0.2) is 4.79 Å². The summed E-state index contributed by atoms with van der Waals surface area (Å²) in [6, 6.07) is 1.02. The summed E-state index contributed by atoms with van der Waals surface area (Å²) in [5.74, 6) is -0.282. The average molecular weight is 212 g/mol. The van der Waals surface area contributed by atoms with Gasteiger partial charge in [-0.1, -0.05) is 13.8 Å². The maximum absolute atomic E-state index is 11.6. The van der Waals surface area contributed by atoms with Gasteiger partial charge in [0.25, 0.3) is 5.56 Å². The minimum Gasteiger partial charge on any atom is -0.494 e. The molecular weight excluding hydrogens is 196 g/mol. The Bertz CT molecular complexity index is 454. The molecule has 5 heteroatoms. The van der Waals surface area contributed by atoms with Crippen molar-refractivity contribution in [3.05, 3.63) is 26.9 Å². The van der Waals surface area contributed by atoms with E-state index in [2.05, 4.69) is 4.98 Å². The first kappa shape index (κ1) is 11.6. The second-order valence-corrected chi connectivity index (χ2v) is 3.84. The van der Waals surface area contributed by atoms with E-state index in [9.17, 15) is 14.7 Å². The van der Waals surface area contributed by atoms with Gasteiger partial charge in [0.2, 0.25) is 5.88 Å². The maximum Gasteiger partial charge on any atom is 0.331 e. The van der Waals surface area contributed by atoms with Crippen molar-refractivity contribution < 1.29 is 5.11 Å². The van der Waals surface area contributed by atoms with Gasteiger partial charge in [0, 0.05) is 5.54 Å². The summed E-state index contributed by atoms with van der Waals surface area (Å²) in [6.07, 6.45) is 1.39. The fraction of sp³-hybridized carbons (Fsp3) is 0.600. The molecule has 0 fully saturated rings. The largest absolute Gasteiger partial charge is 0.494 e. The fourth-order valence-corrected chi connectivity index (χ4v) is 1.57. The number of aromatic hydroxyl groups is 1. The number of nitrogens with zero attached hydrogens (tertiary/aromatic N) is 1. The number of H-pyrrole nitrogens is 1. The Labute approximate surface area is 87.4 Å². The fourth-order valence-electron chi connectivity index (χ4n) is 1.57. The molecule has 0 saturated heterocycles. The topological polar surface area (TPSA) is 75.1 Å². The van der Waals surface area contributed by atoms with Crippen LogP contribution in [0.15, 0.2) is 15.7 Å². The minimum absolute atomic E-state index is 0.282. The molecule has 0 radical (unpaired) electrons. The van der Waals surface area contributed by atoms with Gasteiger partial charge in [-0.3, -0.25) is 14.3 Å². The lowest BCUT2D eigenvalue weighted by atomic mass is 9.95. The Balaban J connectivity index is 3.50. The molecule has 0 aliphatic rings. The van der Waals surface area contributed by atoms with E-state index in [1.165, 1.54) is 4.57 Å². The van der Waals surface area contributed by atoms with Crippen LogP contribution >= 0.6 is 0 Å². The third-order valence-electron chi connectivity index (χ3n) is 2.99. The summed E-state index contributed by atoms with van der Waals surface area (Å²) < 4.78 is 1.23. The summed E-state index contributed by atoms with van der Waals surface area (Å²) in [5, 5.41) is 9.61. The highest BCUT2D eigenvalue weighted by atomic mass is 16.3. The molecule has 0 aromatic carbocycles. The molecule has 1 heterocycles. The lowest BCUT2D eigenvalue weighted by molar-refractivity contribution is 0.243. The third-order valence-corrected chi connectivity index (χ3v) is 2.99. The Hall–Kier alpha value is -1.52. The van der Waals surface area contributed by atoms with Crippen molar-refractivity contribution in [1.29, 1.82) is 0 Å². The summed E-state index contributed by atoms with van der Waals surface area (Å²) >= 11 is 0. The van der Waals surface area contributed by atoms with E-state index in [1.54, 1.807) is 0 Å². The van der Waals surface area contributed by atoms with Gasteiger partial charge in [-0.15, -0.1) is 0 Å². The van der Waals surface area contributed by atoms with Crippen LogP contribution in [0.1, 0.15) is 33.6 Å². The molecule has 0 aliphatic heterocycles. The highest BCUT2D eigenvalue weighted by molar-refractivity contribution is 5.09.